The van der Waals surface area contributed by atoms with E-state index in [1.165, 1.54) is 0 Å². The maximum Gasteiger partial charge on any atom is 0.157 e. The van der Waals surface area contributed by atoms with Crippen molar-refractivity contribution in [3.63, 3.8) is 0 Å². The lowest BCUT2D eigenvalue weighted by molar-refractivity contribution is 0.941. The second-order valence-electron chi connectivity index (χ2n) is 3.86. The molecule has 0 bridgehead atoms. The molecule has 5 heteroatoms. The molecule has 1 N–H and O–H groups in total. The summed E-state index contributed by atoms with van der Waals surface area (Å²) in [5.41, 5.74) is 2.83. The van der Waals surface area contributed by atoms with Crippen LogP contribution in [0.2, 0.25) is 0 Å². The van der Waals surface area contributed by atoms with Gasteiger partial charge in [-0.2, -0.15) is 5.10 Å². The molecule has 0 saturated carbocycles. The minimum Gasteiger partial charge on any atom is -0.340 e. The maximum atomic E-state index is 5.90. The summed E-state index contributed by atoms with van der Waals surface area (Å²) in [7, 11) is 0. The van der Waals surface area contributed by atoms with E-state index in [0.29, 0.717) is 5.88 Å². The van der Waals surface area contributed by atoms with E-state index >= 15 is 0 Å². The van der Waals surface area contributed by atoms with Crippen molar-refractivity contribution >= 4 is 28.8 Å². The molecule has 0 amide bonds. The minimum absolute atomic E-state index is 0.470. The number of alkyl halides is 1. The van der Waals surface area contributed by atoms with Gasteiger partial charge in [0, 0.05) is 23.8 Å². The van der Waals surface area contributed by atoms with E-state index in [1.54, 1.807) is 10.7 Å². The van der Waals surface area contributed by atoms with Gasteiger partial charge >= 0.3 is 0 Å². The van der Waals surface area contributed by atoms with Crippen LogP contribution in [0.1, 0.15) is 5.56 Å². The number of halogens is 1. The van der Waals surface area contributed by atoms with Gasteiger partial charge in [-0.25, -0.2) is 9.50 Å². The summed E-state index contributed by atoms with van der Waals surface area (Å²) in [6.45, 7) is 0. The highest BCUT2D eigenvalue weighted by molar-refractivity contribution is 6.17. The first-order valence-electron chi connectivity index (χ1n) is 5.58. The number of hydrogen-bond acceptors (Lipinski definition) is 3. The first-order chi connectivity index (χ1) is 8.86. The predicted molar refractivity (Wildman–Crippen MR) is 72.3 cm³/mol. The number of fused-ring (bicyclic) bond motifs is 1. The number of aromatic nitrogens is 3. The summed E-state index contributed by atoms with van der Waals surface area (Å²) in [5, 5.41) is 7.37. The van der Waals surface area contributed by atoms with Crippen LogP contribution < -0.4 is 5.32 Å². The molecule has 1 aromatic carbocycles. The molecule has 0 radical (unpaired) electrons. The van der Waals surface area contributed by atoms with Crippen molar-refractivity contribution in [2.75, 3.05) is 5.32 Å². The van der Waals surface area contributed by atoms with E-state index in [0.717, 1.165) is 22.7 Å². The van der Waals surface area contributed by atoms with Gasteiger partial charge in [0.25, 0.3) is 0 Å². The first-order valence-corrected chi connectivity index (χ1v) is 6.11. The monoisotopic (exact) mass is 258 g/mol. The predicted octanol–water partition coefficient (Wildman–Crippen LogP) is 3.21. The van der Waals surface area contributed by atoms with Gasteiger partial charge in [-0.05, 0) is 17.7 Å². The first kappa shape index (κ1) is 11.0. The standard InChI is InChI=1S/C13H11ClN4/c14-9-10-3-1-2-4-11(10)16-12-6-8-18-13(17-12)5-7-15-18/h1-8H,9H2,(H,16,17). The lowest BCUT2D eigenvalue weighted by Gasteiger charge is -2.09. The Morgan fingerprint density at radius 1 is 1.17 bits per heavy atom. The fourth-order valence-corrected chi connectivity index (χ4v) is 2.01. The number of para-hydroxylation sites is 1. The third-order valence-corrected chi connectivity index (χ3v) is 2.97. The average molecular weight is 259 g/mol. The van der Waals surface area contributed by atoms with Crippen LogP contribution in [-0.2, 0) is 5.88 Å². The normalized spacial score (nSPS) is 10.7. The van der Waals surface area contributed by atoms with Crippen molar-refractivity contribution in [1.29, 1.82) is 0 Å². The molecule has 3 rings (SSSR count). The SMILES string of the molecule is ClCc1ccccc1Nc1ccn2nccc2n1. The average Bonchev–Trinajstić information content (AvgIpc) is 2.87. The van der Waals surface area contributed by atoms with Crippen LogP contribution in [-0.4, -0.2) is 14.6 Å². The quantitative estimate of drug-likeness (QED) is 0.734. The van der Waals surface area contributed by atoms with Gasteiger partial charge < -0.3 is 5.32 Å². The summed E-state index contributed by atoms with van der Waals surface area (Å²) >= 11 is 5.90. The fourth-order valence-electron chi connectivity index (χ4n) is 1.78. The zero-order valence-corrected chi connectivity index (χ0v) is 10.3. The van der Waals surface area contributed by atoms with Gasteiger partial charge in [0.05, 0.1) is 6.20 Å². The van der Waals surface area contributed by atoms with Crippen molar-refractivity contribution in [2.24, 2.45) is 0 Å². The van der Waals surface area contributed by atoms with Crippen molar-refractivity contribution in [3.05, 3.63) is 54.4 Å². The molecule has 2 aromatic heterocycles. The topological polar surface area (TPSA) is 42.2 Å². The van der Waals surface area contributed by atoms with E-state index in [-0.39, 0.29) is 0 Å². The molecule has 0 unspecified atom stereocenters. The third kappa shape index (κ3) is 2.02. The van der Waals surface area contributed by atoms with Crippen LogP contribution >= 0.6 is 11.6 Å². The fraction of sp³-hybridized carbons (Fsp3) is 0.0769. The Balaban J connectivity index is 1.95. The highest BCUT2D eigenvalue weighted by atomic mass is 35.5. The lowest BCUT2D eigenvalue weighted by atomic mass is 10.2. The van der Waals surface area contributed by atoms with E-state index in [2.05, 4.69) is 15.4 Å². The molecular weight excluding hydrogens is 248 g/mol. The molecular formula is C13H11ClN4. The Kier molecular flexibility index (Phi) is 2.86. The Morgan fingerprint density at radius 2 is 2.06 bits per heavy atom. The van der Waals surface area contributed by atoms with Crippen molar-refractivity contribution in [1.82, 2.24) is 14.6 Å². The summed E-state index contributed by atoms with van der Waals surface area (Å²) in [4.78, 5) is 4.45. The van der Waals surface area contributed by atoms with Gasteiger partial charge in [-0.1, -0.05) is 18.2 Å². The van der Waals surface area contributed by atoms with E-state index in [4.69, 9.17) is 11.6 Å². The molecule has 90 valence electrons. The summed E-state index contributed by atoms with van der Waals surface area (Å²) in [5.74, 6) is 1.25. The van der Waals surface area contributed by atoms with Gasteiger partial charge in [-0.3, -0.25) is 0 Å². The van der Waals surface area contributed by atoms with Crippen LogP contribution in [0.3, 0.4) is 0 Å². The van der Waals surface area contributed by atoms with Crippen molar-refractivity contribution < 1.29 is 0 Å². The molecule has 4 nitrogen and oxygen atoms in total. The van der Waals surface area contributed by atoms with Gasteiger partial charge in [0.2, 0.25) is 0 Å². The number of nitrogens with zero attached hydrogens (tertiary/aromatic N) is 3. The molecule has 0 atom stereocenters. The summed E-state index contributed by atoms with van der Waals surface area (Å²) < 4.78 is 1.72. The minimum atomic E-state index is 0.470. The van der Waals surface area contributed by atoms with Gasteiger partial charge in [-0.15, -0.1) is 11.6 Å². The molecule has 0 aliphatic heterocycles. The van der Waals surface area contributed by atoms with Gasteiger partial charge in [0.1, 0.15) is 5.82 Å². The Bertz CT molecular complexity index is 677. The molecule has 0 spiro atoms. The molecule has 0 saturated heterocycles. The second-order valence-corrected chi connectivity index (χ2v) is 4.13. The number of anilines is 2. The van der Waals surface area contributed by atoms with Crippen molar-refractivity contribution in [2.45, 2.75) is 5.88 Å². The Labute approximate surface area is 109 Å². The molecule has 3 aromatic rings. The Hall–Kier alpha value is -2.07. The number of hydrogen-bond donors (Lipinski definition) is 1. The molecule has 0 aliphatic carbocycles. The van der Waals surface area contributed by atoms with Crippen LogP contribution in [0, 0.1) is 0 Å². The zero-order valence-electron chi connectivity index (χ0n) is 9.55. The van der Waals surface area contributed by atoms with Gasteiger partial charge in [0.15, 0.2) is 5.65 Å². The Morgan fingerprint density at radius 3 is 2.94 bits per heavy atom. The van der Waals surface area contributed by atoms with E-state index < -0.39 is 0 Å². The molecule has 0 fully saturated rings. The summed E-state index contributed by atoms with van der Waals surface area (Å²) in [6.07, 6.45) is 3.59. The highest BCUT2D eigenvalue weighted by Crippen LogP contribution is 2.21. The number of benzene rings is 1. The summed E-state index contributed by atoms with van der Waals surface area (Å²) in [6, 6.07) is 11.7. The maximum absolute atomic E-state index is 5.90. The zero-order chi connectivity index (χ0) is 12.4. The van der Waals surface area contributed by atoms with Crippen LogP contribution in [0.5, 0.6) is 0 Å². The van der Waals surface area contributed by atoms with Crippen molar-refractivity contribution in [3.8, 4) is 0 Å². The molecule has 0 aliphatic rings. The van der Waals surface area contributed by atoms with E-state index in [9.17, 15) is 0 Å². The number of rotatable bonds is 3. The highest BCUT2D eigenvalue weighted by Gasteiger charge is 2.03. The second kappa shape index (κ2) is 4.66. The molecule has 18 heavy (non-hydrogen) atoms. The molecule has 2 heterocycles. The lowest BCUT2D eigenvalue weighted by Crippen LogP contribution is -1.98. The van der Waals surface area contributed by atoms with E-state index in [1.807, 2.05) is 42.6 Å². The van der Waals surface area contributed by atoms with Crippen LogP contribution in [0.4, 0.5) is 11.5 Å². The number of nitrogens with one attached hydrogen (secondary N) is 1. The largest absolute Gasteiger partial charge is 0.340 e. The van der Waals surface area contributed by atoms with Crippen LogP contribution in [0.25, 0.3) is 5.65 Å². The third-order valence-electron chi connectivity index (χ3n) is 2.68. The smallest absolute Gasteiger partial charge is 0.157 e. The van der Waals surface area contributed by atoms with Crippen LogP contribution in [0.15, 0.2) is 48.8 Å².